The summed E-state index contributed by atoms with van der Waals surface area (Å²) in [6.07, 6.45) is 0. The van der Waals surface area contributed by atoms with E-state index in [1.807, 2.05) is 27.7 Å². The van der Waals surface area contributed by atoms with Crippen LogP contribution in [-0.2, 0) is 9.59 Å². The zero-order valence-corrected chi connectivity index (χ0v) is 14.3. The van der Waals surface area contributed by atoms with Crippen LogP contribution in [0.5, 0.6) is 0 Å². The zero-order chi connectivity index (χ0) is 16.7. The van der Waals surface area contributed by atoms with Crippen molar-refractivity contribution in [1.29, 1.82) is 0 Å². The first kappa shape index (κ1) is 18.5. The topological polar surface area (TPSA) is 61.4 Å². The van der Waals surface area contributed by atoms with Gasteiger partial charge in [0, 0.05) is 16.8 Å². The summed E-state index contributed by atoms with van der Waals surface area (Å²) in [6.45, 7) is 8.57. The molecule has 0 heterocycles. The van der Waals surface area contributed by atoms with E-state index >= 15 is 0 Å². The minimum absolute atomic E-state index is 0.0800. The third-order valence-electron chi connectivity index (χ3n) is 3.17. The molecule has 0 aliphatic carbocycles. The second-order valence-electron chi connectivity index (χ2n) is 5.49. The number of hydrogen-bond donors (Lipinski definition) is 2. The molecular weight excluding hydrogens is 302 g/mol. The van der Waals surface area contributed by atoms with E-state index in [9.17, 15) is 9.59 Å². The lowest BCUT2D eigenvalue weighted by Crippen LogP contribution is -2.42. The smallest absolute Gasteiger partial charge is 0.238 e. The number of hydrogen-bond acceptors (Lipinski definition) is 3. The summed E-state index contributed by atoms with van der Waals surface area (Å²) in [4.78, 5) is 25.7. The van der Waals surface area contributed by atoms with E-state index in [-0.39, 0.29) is 30.9 Å². The van der Waals surface area contributed by atoms with Gasteiger partial charge in [0.2, 0.25) is 11.8 Å². The van der Waals surface area contributed by atoms with Crippen molar-refractivity contribution in [3.63, 3.8) is 0 Å². The maximum absolute atomic E-state index is 12.1. The van der Waals surface area contributed by atoms with E-state index in [1.54, 1.807) is 23.1 Å². The Labute approximate surface area is 137 Å². The fraction of sp³-hybridized carbons (Fsp3) is 0.500. The van der Waals surface area contributed by atoms with Crippen molar-refractivity contribution >= 4 is 29.1 Å². The number of nitrogens with zero attached hydrogens (tertiary/aromatic N) is 1. The number of carbonyl (C=O) groups is 2. The molecule has 22 heavy (non-hydrogen) atoms. The van der Waals surface area contributed by atoms with Gasteiger partial charge in [0.1, 0.15) is 0 Å². The van der Waals surface area contributed by atoms with Gasteiger partial charge >= 0.3 is 0 Å². The van der Waals surface area contributed by atoms with Gasteiger partial charge in [0.25, 0.3) is 0 Å². The molecule has 2 N–H and O–H groups in total. The molecular formula is C16H24ClN3O2. The first-order valence-corrected chi connectivity index (χ1v) is 7.78. The van der Waals surface area contributed by atoms with Crippen LogP contribution in [0.15, 0.2) is 18.2 Å². The number of likely N-dealkylation sites (N-methyl/N-ethyl adjacent to an activating group) is 1. The van der Waals surface area contributed by atoms with Crippen molar-refractivity contribution in [3.8, 4) is 0 Å². The van der Waals surface area contributed by atoms with Crippen LogP contribution in [0.2, 0.25) is 5.02 Å². The lowest BCUT2D eigenvalue weighted by Gasteiger charge is -2.20. The molecule has 0 saturated heterocycles. The molecule has 0 spiro atoms. The number of halogens is 1. The van der Waals surface area contributed by atoms with Crippen LogP contribution in [0.1, 0.15) is 26.3 Å². The molecule has 0 radical (unpaired) electrons. The van der Waals surface area contributed by atoms with Gasteiger partial charge in [-0.25, -0.2) is 0 Å². The van der Waals surface area contributed by atoms with Gasteiger partial charge in [-0.05, 0) is 45.0 Å². The average Bonchev–Trinajstić information content (AvgIpc) is 2.42. The van der Waals surface area contributed by atoms with Gasteiger partial charge in [0.15, 0.2) is 0 Å². The molecule has 1 aromatic rings. The summed E-state index contributed by atoms with van der Waals surface area (Å²) in [6, 6.07) is 5.47. The molecule has 0 unspecified atom stereocenters. The Hall–Kier alpha value is -1.59. The van der Waals surface area contributed by atoms with Crippen LogP contribution in [0, 0.1) is 6.92 Å². The van der Waals surface area contributed by atoms with Gasteiger partial charge in [-0.3, -0.25) is 14.5 Å². The monoisotopic (exact) mass is 325 g/mol. The van der Waals surface area contributed by atoms with Gasteiger partial charge in [0.05, 0.1) is 13.1 Å². The Morgan fingerprint density at radius 3 is 2.45 bits per heavy atom. The fourth-order valence-corrected chi connectivity index (χ4v) is 2.16. The molecule has 0 aliphatic heterocycles. The second kappa shape index (κ2) is 8.76. The second-order valence-corrected chi connectivity index (χ2v) is 5.89. The van der Waals surface area contributed by atoms with Crippen molar-refractivity contribution in [2.75, 3.05) is 25.0 Å². The molecule has 0 aromatic heterocycles. The van der Waals surface area contributed by atoms with Crippen LogP contribution < -0.4 is 10.6 Å². The highest BCUT2D eigenvalue weighted by atomic mass is 35.5. The predicted octanol–water partition coefficient (Wildman–Crippen LogP) is 2.43. The first-order valence-electron chi connectivity index (χ1n) is 7.40. The van der Waals surface area contributed by atoms with Crippen molar-refractivity contribution < 1.29 is 9.59 Å². The Kier molecular flexibility index (Phi) is 7.35. The minimum atomic E-state index is -0.162. The highest BCUT2D eigenvalue weighted by molar-refractivity contribution is 6.31. The Morgan fingerprint density at radius 1 is 1.23 bits per heavy atom. The van der Waals surface area contributed by atoms with E-state index in [2.05, 4.69) is 10.6 Å². The van der Waals surface area contributed by atoms with E-state index in [0.29, 0.717) is 17.3 Å². The minimum Gasteiger partial charge on any atom is -0.353 e. The zero-order valence-electron chi connectivity index (χ0n) is 13.6. The molecule has 122 valence electrons. The third-order valence-corrected chi connectivity index (χ3v) is 3.58. The molecule has 0 fully saturated rings. The maximum Gasteiger partial charge on any atom is 0.238 e. The normalized spacial score (nSPS) is 10.9. The van der Waals surface area contributed by atoms with Crippen molar-refractivity contribution in [3.05, 3.63) is 28.8 Å². The van der Waals surface area contributed by atoms with Crippen LogP contribution in [-0.4, -0.2) is 42.4 Å². The Morgan fingerprint density at radius 2 is 1.86 bits per heavy atom. The largest absolute Gasteiger partial charge is 0.353 e. The van der Waals surface area contributed by atoms with Crippen LogP contribution in [0.25, 0.3) is 0 Å². The molecule has 1 aromatic carbocycles. The van der Waals surface area contributed by atoms with E-state index in [0.717, 1.165) is 5.56 Å². The maximum atomic E-state index is 12.1. The predicted molar refractivity (Wildman–Crippen MR) is 90.2 cm³/mol. The summed E-state index contributed by atoms with van der Waals surface area (Å²) in [7, 11) is 0. The van der Waals surface area contributed by atoms with Gasteiger partial charge in [-0.15, -0.1) is 0 Å². The fourth-order valence-electron chi connectivity index (χ4n) is 1.99. The molecule has 6 heteroatoms. The lowest BCUT2D eigenvalue weighted by atomic mass is 10.2. The number of benzene rings is 1. The molecule has 2 amide bonds. The highest BCUT2D eigenvalue weighted by Crippen LogP contribution is 2.22. The third kappa shape index (κ3) is 6.03. The molecule has 0 bridgehead atoms. The van der Waals surface area contributed by atoms with E-state index < -0.39 is 0 Å². The number of carbonyl (C=O) groups excluding carboxylic acids is 2. The van der Waals surface area contributed by atoms with Gasteiger partial charge in [-0.1, -0.05) is 24.6 Å². The average molecular weight is 326 g/mol. The summed E-state index contributed by atoms with van der Waals surface area (Å²) in [5.74, 6) is -0.242. The molecule has 5 nitrogen and oxygen atoms in total. The van der Waals surface area contributed by atoms with E-state index in [4.69, 9.17) is 11.6 Å². The van der Waals surface area contributed by atoms with Crippen molar-refractivity contribution in [2.24, 2.45) is 0 Å². The van der Waals surface area contributed by atoms with Gasteiger partial charge < -0.3 is 10.6 Å². The lowest BCUT2D eigenvalue weighted by molar-refractivity contribution is -0.123. The number of anilines is 1. The van der Waals surface area contributed by atoms with Crippen molar-refractivity contribution in [1.82, 2.24) is 10.2 Å². The molecule has 0 saturated carbocycles. The van der Waals surface area contributed by atoms with Crippen LogP contribution >= 0.6 is 11.6 Å². The van der Waals surface area contributed by atoms with Crippen LogP contribution in [0.3, 0.4) is 0 Å². The Balaban J connectivity index is 2.58. The number of nitrogens with one attached hydrogen (secondary N) is 2. The molecule has 0 atom stereocenters. The SMILES string of the molecule is CCN(CC(=O)Nc1cccc(Cl)c1C)CC(=O)NC(C)C. The Bertz CT molecular complexity index is 532. The summed E-state index contributed by atoms with van der Waals surface area (Å²) in [5, 5.41) is 6.26. The standard InChI is InChI=1S/C16H24ClN3O2/c1-5-20(9-15(21)18-11(2)3)10-16(22)19-14-8-6-7-13(17)12(14)4/h6-8,11H,5,9-10H2,1-4H3,(H,18,21)(H,19,22). The summed E-state index contributed by atoms with van der Waals surface area (Å²) in [5.41, 5.74) is 1.53. The summed E-state index contributed by atoms with van der Waals surface area (Å²) >= 11 is 6.03. The number of rotatable bonds is 7. The highest BCUT2D eigenvalue weighted by Gasteiger charge is 2.14. The molecule has 0 aliphatic rings. The first-order chi connectivity index (χ1) is 10.3. The number of amides is 2. The van der Waals surface area contributed by atoms with Gasteiger partial charge in [-0.2, -0.15) is 0 Å². The summed E-state index contributed by atoms with van der Waals surface area (Å²) < 4.78 is 0. The van der Waals surface area contributed by atoms with Crippen LogP contribution in [0.4, 0.5) is 5.69 Å². The molecule has 1 rings (SSSR count). The quantitative estimate of drug-likeness (QED) is 0.809. The van der Waals surface area contributed by atoms with Crippen molar-refractivity contribution in [2.45, 2.75) is 33.7 Å². The van der Waals surface area contributed by atoms with E-state index in [1.165, 1.54) is 0 Å².